The molecule has 1 aliphatic rings. The molecule has 0 bridgehead atoms. The third-order valence-electron chi connectivity index (χ3n) is 5.92. The molecule has 1 fully saturated rings. The number of benzene rings is 1. The lowest BCUT2D eigenvalue weighted by Crippen LogP contribution is -2.55. The SMILES string of the molecule is C=C(C)C.C=C/C(Cl)=C(\C)NC(C)c1ccc(Cl)cc1Cl.CCCC(CO)(CCC)NC(=O)[C@H]1CCCN1. The predicted octanol–water partition coefficient (Wildman–Crippen LogP) is 8.07. The van der Waals surface area contributed by atoms with Crippen molar-refractivity contribution < 1.29 is 9.90 Å². The summed E-state index contributed by atoms with van der Waals surface area (Å²) in [6, 6.07) is 5.43. The number of halogens is 3. The molecular formula is C30H48Cl3N3O2. The van der Waals surface area contributed by atoms with E-state index in [-0.39, 0.29) is 24.6 Å². The first kappa shape index (κ1) is 36.5. The molecule has 1 aromatic carbocycles. The molecule has 1 heterocycles. The topological polar surface area (TPSA) is 73.4 Å². The van der Waals surface area contributed by atoms with E-state index in [9.17, 15) is 9.90 Å². The number of allylic oxidation sites excluding steroid dienone is 4. The van der Waals surface area contributed by atoms with Crippen LogP contribution < -0.4 is 16.0 Å². The molecule has 0 saturated carbocycles. The van der Waals surface area contributed by atoms with E-state index in [2.05, 4.69) is 43.0 Å². The third kappa shape index (κ3) is 14.0. The second-order valence-corrected chi connectivity index (χ2v) is 11.2. The van der Waals surface area contributed by atoms with Crippen molar-refractivity contribution in [1.82, 2.24) is 16.0 Å². The molecule has 5 nitrogen and oxygen atoms in total. The lowest BCUT2D eigenvalue weighted by atomic mass is 9.89. The smallest absolute Gasteiger partial charge is 0.237 e. The second kappa shape index (κ2) is 19.5. The molecule has 1 unspecified atom stereocenters. The van der Waals surface area contributed by atoms with E-state index in [0.717, 1.165) is 56.3 Å². The van der Waals surface area contributed by atoms with Gasteiger partial charge in [-0.15, -0.1) is 6.58 Å². The van der Waals surface area contributed by atoms with Crippen molar-refractivity contribution in [3.63, 3.8) is 0 Å². The molecule has 1 amide bonds. The van der Waals surface area contributed by atoms with Crippen molar-refractivity contribution in [2.75, 3.05) is 13.2 Å². The van der Waals surface area contributed by atoms with Crippen LogP contribution in [0, 0.1) is 0 Å². The van der Waals surface area contributed by atoms with E-state index in [0.29, 0.717) is 15.1 Å². The summed E-state index contributed by atoms with van der Waals surface area (Å²) < 4.78 is 0. The van der Waals surface area contributed by atoms with E-state index in [4.69, 9.17) is 34.8 Å². The first-order chi connectivity index (χ1) is 17.9. The standard InChI is InChI=1S/C13H14Cl3N.C13H26N2O2.C4H8/c1-4-12(15)9(3)17-8(2)11-6-5-10(14)7-13(11)16;1-3-7-13(10-16,8-4-2)15-12(17)11-6-5-9-14-11;1-4(2)3/h4-8,17H,1H2,2-3H3;11,14,16H,3-10H2,1-2H3,(H,15,17);1H2,2-3H3/b12-9-;;/t;11-;/m.1./s1. The third-order valence-corrected chi connectivity index (χ3v) is 6.92. The van der Waals surface area contributed by atoms with Crippen LogP contribution in [0.4, 0.5) is 0 Å². The fraction of sp³-hybridized carbons (Fsp3) is 0.567. The summed E-state index contributed by atoms with van der Waals surface area (Å²) in [4.78, 5) is 12.1. The highest BCUT2D eigenvalue weighted by Crippen LogP contribution is 2.27. The van der Waals surface area contributed by atoms with E-state index in [1.54, 1.807) is 12.1 Å². The zero-order valence-electron chi connectivity index (χ0n) is 24.0. The van der Waals surface area contributed by atoms with Crippen molar-refractivity contribution in [3.8, 4) is 0 Å². The average molecular weight is 589 g/mol. The molecule has 2 atom stereocenters. The Bertz CT molecular complexity index is 902. The van der Waals surface area contributed by atoms with Gasteiger partial charge in [0, 0.05) is 21.8 Å². The van der Waals surface area contributed by atoms with Crippen molar-refractivity contribution in [2.45, 2.75) is 97.7 Å². The number of hydrogen-bond acceptors (Lipinski definition) is 4. The summed E-state index contributed by atoms with van der Waals surface area (Å²) in [6.45, 7) is 20.1. The molecule has 2 rings (SSSR count). The number of nitrogens with one attached hydrogen (secondary N) is 3. The van der Waals surface area contributed by atoms with Gasteiger partial charge in [-0.2, -0.15) is 0 Å². The van der Waals surface area contributed by atoms with Crippen LogP contribution in [-0.4, -0.2) is 35.7 Å². The van der Waals surface area contributed by atoms with Crippen molar-refractivity contribution in [2.24, 2.45) is 0 Å². The summed E-state index contributed by atoms with van der Waals surface area (Å²) in [5.41, 5.74) is 2.59. The number of carbonyl (C=O) groups is 1. The number of rotatable bonds is 11. The van der Waals surface area contributed by atoms with Gasteiger partial charge in [-0.25, -0.2) is 0 Å². The maximum atomic E-state index is 12.1. The van der Waals surface area contributed by atoms with Crippen LogP contribution in [0.25, 0.3) is 0 Å². The largest absolute Gasteiger partial charge is 0.394 e. The number of hydrogen-bond donors (Lipinski definition) is 4. The Morgan fingerprint density at radius 2 is 1.82 bits per heavy atom. The van der Waals surface area contributed by atoms with Gasteiger partial charge in [-0.3, -0.25) is 4.79 Å². The Morgan fingerprint density at radius 3 is 2.24 bits per heavy atom. The van der Waals surface area contributed by atoms with Crippen LogP contribution >= 0.6 is 34.8 Å². The summed E-state index contributed by atoms with van der Waals surface area (Å²) in [6.07, 6.45) is 7.20. The zero-order chi connectivity index (χ0) is 29.3. The Labute approximate surface area is 246 Å². The van der Waals surface area contributed by atoms with Gasteiger partial charge in [0.25, 0.3) is 0 Å². The van der Waals surface area contributed by atoms with Crippen LogP contribution in [0.1, 0.15) is 91.7 Å². The molecule has 216 valence electrons. The maximum Gasteiger partial charge on any atom is 0.237 e. The average Bonchev–Trinajstić information content (AvgIpc) is 3.39. The molecule has 8 heteroatoms. The van der Waals surface area contributed by atoms with E-state index in [1.165, 1.54) is 5.57 Å². The van der Waals surface area contributed by atoms with E-state index >= 15 is 0 Å². The van der Waals surface area contributed by atoms with Gasteiger partial charge in [0.05, 0.1) is 23.2 Å². The quantitative estimate of drug-likeness (QED) is 0.156. The molecule has 0 aliphatic carbocycles. The Kier molecular flexibility index (Phi) is 18.8. The maximum absolute atomic E-state index is 12.1. The Hall–Kier alpha value is -1.50. The van der Waals surface area contributed by atoms with Gasteiger partial charge in [0.2, 0.25) is 5.91 Å². The molecule has 4 N–H and O–H groups in total. The monoisotopic (exact) mass is 587 g/mol. The highest BCUT2D eigenvalue weighted by atomic mass is 35.5. The minimum absolute atomic E-state index is 0.0349. The van der Waals surface area contributed by atoms with E-state index in [1.807, 2.05) is 39.8 Å². The molecule has 38 heavy (non-hydrogen) atoms. The van der Waals surface area contributed by atoms with Crippen LogP contribution in [0.5, 0.6) is 0 Å². The zero-order valence-corrected chi connectivity index (χ0v) is 26.3. The summed E-state index contributed by atoms with van der Waals surface area (Å²) >= 11 is 17.9. The highest BCUT2D eigenvalue weighted by molar-refractivity contribution is 6.35. The minimum Gasteiger partial charge on any atom is -0.394 e. The van der Waals surface area contributed by atoms with E-state index < -0.39 is 5.54 Å². The molecule has 1 saturated heterocycles. The van der Waals surface area contributed by atoms with Crippen molar-refractivity contribution in [3.05, 3.63) is 69.3 Å². The summed E-state index contributed by atoms with van der Waals surface area (Å²) in [5.74, 6) is 0.0541. The fourth-order valence-corrected chi connectivity index (χ4v) is 4.77. The van der Waals surface area contributed by atoms with Gasteiger partial charge >= 0.3 is 0 Å². The summed E-state index contributed by atoms with van der Waals surface area (Å²) in [5, 5.41) is 21.0. The van der Waals surface area contributed by atoms with Gasteiger partial charge in [-0.05, 0) is 83.7 Å². The second-order valence-electron chi connectivity index (χ2n) is 9.99. The summed E-state index contributed by atoms with van der Waals surface area (Å²) in [7, 11) is 0. The van der Waals surface area contributed by atoms with Gasteiger partial charge in [-0.1, -0.05) is 79.7 Å². The number of aliphatic hydroxyl groups excluding tert-OH is 1. The normalized spacial score (nSPS) is 16.1. The number of carbonyl (C=O) groups excluding carboxylic acids is 1. The van der Waals surface area contributed by atoms with Gasteiger partial charge in [0.1, 0.15) is 0 Å². The number of amides is 1. The molecule has 0 radical (unpaired) electrons. The predicted molar refractivity (Wildman–Crippen MR) is 166 cm³/mol. The van der Waals surface area contributed by atoms with Crippen LogP contribution in [0.2, 0.25) is 10.0 Å². The fourth-order valence-electron chi connectivity index (χ4n) is 4.14. The molecule has 0 spiro atoms. The molecule has 1 aromatic rings. The molecule has 1 aliphatic heterocycles. The highest BCUT2D eigenvalue weighted by Gasteiger charge is 2.32. The Balaban J connectivity index is 0.000000632. The van der Waals surface area contributed by atoms with Gasteiger partial charge < -0.3 is 21.1 Å². The molecular weight excluding hydrogens is 541 g/mol. The van der Waals surface area contributed by atoms with Crippen molar-refractivity contribution in [1.29, 1.82) is 0 Å². The lowest BCUT2D eigenvalue weighted by molar-refractivity contribution is -0.125. The van der Waals surface area contributed by atoms with Gasteiger partial charge in [0.15, 0.2) is 0 Å². The van der Waals surface area contributed by atoms with Crippen molar-refractivity contribution >= 4 is 40.7 Å². The minimum atomic E-state index is -0.412. The number of aliphatic hydroxyl groups is 1. The first-order valence-corrected chi connectivity index (χ1v) is 14.5. The van der Waals surface area contributed by atoms with Crippen LogP contribution in [0.3, 0.4) is 0 Å². The van der Waals surface area contributed by atoms with Crippen LogP contribution in [0.15, 0.2) is 53.7 Å². The lowest BCUT2D eigenvalue weighted by Gasteiger charge is -2.33. The Morgan fingerprint density at radius 1 is 1.24 bits per heavy atom. The molecule has 0 aromatic heterocycles. The first-order valence-electron chi connectivity index (χ1n) is 13.3. The van der Waals surface area contributed by atoms with Crippen LogP contribution in [-0.2, 0) is 4.79 Å².